The Hall–Kier alpha value is -2.86. The van der Waals surface area contributed by atoms with Crippen molar-refractivity contribution in [2.45, 2.75) is 6.92 Å². The summed E-state index contributed by atoms with van der Waals surface area (Å²) in [4.78, 5) is 0. The van der Waals surface area contributed by atoms with Crippen LogP contribution in [0.25, 0.3) is 21.9 Å². The Morgan fingerprint density at radius 2 is 1.76 bits per heavy atom. The van der Waals surface area contributed by atoms with Gasteiger partial charge in [-0.05, 0) is 12.5 Å². The first-order chi connectivity index (χ1) is 10.1. The van der Waals surface area contributed by atoms with Crippen molar-refractivity contribution >= 4 is 16.5 Å². The molecule has 0 saturated carbocycles. The number of nitrogens with two attached hydrogens (primary N) is 1. The third kappa shape index (κ3) is 2.02. The van der Waals surface area contributed by atoms with Gasteiger partial charge in [-0.3, -0.25) is 0 Å². The van der Waals surface area contributed by atoms with E-state index in [1.165, 1.54) is 0 Å². The number of nitrogen functional groups attached to an aromatic ring is 1. The molecule has 2 nitrogen and oxygen atoms in total. The molecular formula is C18H13FN2. The largest absolute Gasteiger partial charge is 0.397 e. The van der Waals surface area contributed by atoms with Crippen LogP contribution in [0, 0.1) is 24.1 Å². The van der Waals surface area contributed by atoms with Crippen LogP contribution in [0.3, 0.4) is 0 Å². The minimum atomic E-state index is -0.382. The topological polar surface area (TPSA) is 49.8 Å². The van der Waals surface area contributed by atoms with Gasteiger partial charge in [0.15, 0.2) is 0 Å². The average molecular weight is 276 g/mol. The first-order valence-corrected chi connectivity index (χ1v) is 6.60. The number of benzene rings is 3. The molecule has 0 amide bonds. The second-order valence-electron chi connectivity index (χ2n) is 5.00. The molecule has 102 valence electrons. The molecule has 0 saturated heterocycles. The molecule has 0 atom stereocenters. The van der Waals surface area contributed by atoms with Gasteiger partial charge >= 0.3 is 0 Å². The second kappa shape index (κ2) is 4.92. The second-order valence-corrected chi connectivity index (χ2v) is 5.00. The zero-order chi connectivity index (χ0) is 15.0. The van der Waals surface area contributed by atoms with E-state index < -0.39 is 0 Å². The molecule has 0 heterocycles. The van der Waals surface area contributed by atoms with E-state index in [0.717, 1.165) is 5.56 Å². The molecule has 2 N–H and O–H groups in total. The van der Waals surface area contributed by atoms with Crippen molar-refractivity contribution in [2.75, 3.05) is 5.73 Å². The number of nitriles is 1. The third-order valence-corrected chi connectivity index (χ3v) is 3.61. The highest BCUT2D eigenvalue weighted by molar-refractivity contribution is 6.00. The van der Waals surface area contributed by atoms with Crippen molar-refractivity contribution in [1.29, 1.82) is 5.26 Å². The number of rotatable bonds is 1. The zero-order valence-corrected chi connectivity index (χ0v) is 11.5. The van der Waals surface area contributed by atoms with E-state index >= 15 is 0 Å². The Morgan fingerprint density at radius 1 is 1.05 bits per heavy atom. The summed E-state index contributed by atoms with van der Waals surface area (Å²) in [6.45, 7) is 1.93. The molecule has 0 unspecified atom stereocenters. The predicted molar refractivity (Wildman–Crippen MR) is 83.2 cm³/mol. The van der Waals surface area contributed by atoms with E-state index in [-0.39, 0.29) is 11.5 Å². The summed E-state index contributed by atoms with van der Waals surface area (Å²) in [5.74, 6) is -0.382. The standard InChI is InChI=1S/C18H13FN2/c1-11-5-4-6-12(9-11)16-17(19)14-8-3-2-7-13(14)15(10-20)18(16)21/h2-9H,21H2,1H3. The smallest absolute Gasteiger partial charge is 0.141 e. The van der Waals surface area contributed by atoms with Crippen LogP contribution in [0.15, 0.2) is 48.5 Å². The van der Waals surface area contributed by atoms with Gasteiger partial charge in [0.2, 0.25) is 0 Å². The number of halogens is 1. The maximum Gasteiger partial charge on any atom is 0.141 e. The molecule has 0 fully saturated rings. The monoisotopic (exact) mass is 276 g/mol. The van der Waals surface area contributed by atoms with Gasteiger partial charge in [0, 0.05) is 16.3 Å². The maximum absolute atomic E-state index is 14.9. The molecule has 0 aliphatic carbocycles. The normalized spacial score (nSPS) is 10.5. The SMILES string of the molecule is Cc1cccc(-c2c(N)c(C#N)c3ccccc3c2F)c1. The van der Waals surface area contributed by atoms with Crippen LogP contribution in [0.2, 0.25) is 0 Å². The van der Waals surface area contributed by atoms with Crippen LogP contribution in [0.1, 0.15) is 11.1 Å². The van der Waals surface area contributed by atoms with Gasteiger partial charge < -0.3 is 5.73 Å². The highest BCUT2D eigenvalue weighted by Gasteiger charge is 2.18. The maximum atomic E-state index is 14.9. The molecule has 21 heavy (non-hydrogen) atoms. The minimum Gasteiger partial charge on any atom is -0.397 e. The molecule has 0 aromatic heterocycles. The van der Waals surface area contributed by atoms with Gasteiger partial charge in [0.05, 0.1) is 11.3 Å². The highest BCUT2D eigenvalue weighted by Crippen LogP contribution is 2.37. The number of nitrogens with zero attached hydrogens (tertiary/aromatic N) is 1. The Morgan fingerprint density at radius 3 is 2.43 bits per heavy atom. The van der Waals surface area contributed by atoms with Gasteiger partial charge in [-0.2, -0.15) is 5.26 Å². The molecule has 0 spiro atoms. The van der Waals surface area contributed by atoms with Crippen LogP contribution in [0.4, 0.5) is 10.1 Å². The van der Waals surface area contributed by atoms with Crippen molar-refractivity contribution < 1.29 is 4.39 Å². The van der Waals surface area contributed by atoms with Crippen LogP contribution in [-0.4, -0.2) is 0 Å². The fourth-order valence-corrected chi connectivity index (χ4v) is 2.62. The van der Waals surface area contributed by atoms with Gasteiger partial charge in [-0.15, -0.1) is 0 Å². The Kier molecular flexibility index (Phi) is 3.08. The molecule has 0 bridgehead atoms. The van der Waals surface area contributed by atoms with E-state index in [2.05, 4.69) is 6.07 Å². The number of hydrogen-bond donors (Lipinski definition) is 1. The van der Waals surface area contributed by atoms with Crippen LogP contribution in [0.5, 0.6) is 0 Å². The van der Waals surface area contributed by atoms with Crippen molar-refractivity contribution in [3.8, 4) is 17.2 Å². The lowest BCUT2D eigenvalue weighted by atomic mass is 9.93. The summed E-state index contributed by atoms with van der Waals surface area (Å²) >= 11 is 0. The van der Waals surface area contributed by atoms with Crippen LogP contribution in [-0.2, 0) is 0 Å². The highest BCUT2D eigenvalue weighted by atomic mass is 19.1. The summed E-state index contributed by atoms with van der Waals surface area (Å²) in [6, 6.07) is 16.5. The third-order valence-electron chi connectivity index (χ3n) is 3.61. The predicted octanol–water partition coefficient (Wildman–Crippen LogP) is 4.41. The van der Waals surface area contributed by atoms with E-state index in [9.17, 15) is 9.65 Å². The molecule has 3 aromatic rings. The fraction of sp³-hybridized carbons (Fsp3) is 0.0556. The summed E-state index contributed by atoms with van der Waals surface area (Å²) in [7, 11) is 0. The molecule has 0 aliphatic rings. The lowest BCUT2D eigenvalue weighted by molar-refractivity contribution is 0.643. The van der Waals surface area contributed by atoms with Gasteiger partial charge in [-0.1, -0.05) is 54.1 Å². The van der Waals surface area contributed by atoms with Gasteiger partial charge in [0.25, 0.3) is 0 Å². The van der Waals surface area contributed by atoms with Crippen molar-refractivity contribution in [1.82, 2.24) is 0 Å². The van der Waals surface area contributed by atoms with Crippen molar-refractivity contribution in [3.05, 3.63) is 65.5 Å². The van der Waals surface area contributed by atoms with E-state index in [0.29, 0.717) is 27.5 Å². The molecule has 0 aliphatic heterocycles. The molecule has 0 radical (unpaired) electrons. The van der Waals surface area contributed by atoms with E-state index in [1.54, 1.807) is 30.3 Å². The minimum absolute atomic E-state index is 0.194. The van der Waals surface area contributed by atoms with Gasteiger partial charge in [0.1, 0.15) is 11.9 Å². The average Bonchev–Trinajstić information content (AvgIpc) is 2.48. The number of hydrogen-bond acceptors (Lipinski definition) is 2. The number of fused-ring (bicyclic) bond motifs is 1. The molecule has 3 aromatic carbocycles. The Bertz CT molecular complexity index is 892. The fourth-order valence-electron chi connectivity index (χ4n) is 2.62. The number of aryl methyl sites for hydroxylation is 1. The lowest BCUT2D eigenvalue weighted by Gasteiger charge is -2.13. The van der Waals surface area contributed by atoms with Crippen LogP contribution >= 0.6 is 0 Å². The molecule has 3 heteroatoms. The first kappa shape index (κ1) is 13.1. The Labute approximate surface area is 122 Å². The summed E-state index contributed by atoms with van der Waals surface area (Å²) in [5, 5.41) is 10.3. The van der Waals surface area contributed by atoms with Crippen molar-refractivity contribution in [3.63, 3.8) is 0 Å². The summed E-state index contributed by atoms with van der Waals surface area (Å²) in [6.07, 6.45) is 0. The van der Waals surface area contributed by atoms with E-state index in [1.807, 2.05) is 25.1 Å². The van der Waals surface area contributed by atoms with Gasteiger partial charge in [-0.25, -0.2) is 4.39 Å². The summed E-state index contributed by atoms with van der Waals surface area (Å²) < 4.78 is 14.9. The molecular weight excluding hydrogens is 263 g/mol. The lowest BCUT2D eigenvalue weighted by Crippen LogP contribution is -2.00. The first-order valence-electron chi connectivity index (χ1n) is 6.60. The van der Waals surface area contributed by atoms with Crippen molar-refractivity contribution in [2.24, 2.45) is 0 Å². The van der Waals surface area contributed by atoms with E-state index in [4.69, 9.17) is 5.73 Å². The zero-order valence-electron chi connectivity index (χ0n) is 11.5. The molecule has 3 rings (SSSR count). The summed E-state index contributed by atoms with van der Waals surface area (Å²) in [5.41, 5.74) is 8.60. The quantitative estimate of drug-likeness (QED) is 0.669. The number of anilines is 1. The van der Waals surface area contributed by atoms with Crippen LogP contribution < -0.4 is 5.73 Å². The Balaban J connectivity index is 2.47.